The molecule has 1 rings (SSSR count). The van der Waals surface area contributed by atoms with Crippen molar-refractivity contribution in [3.05, 3.63) is 33.8 Å². The highest BCUT2D eigenvalue weighted by molar-refractivity contribution is 9.10. The maximum atomic E-state index is 11.9. The third-order valence-corrected chi connectivity index (χ3v) is 3.35. The lowest BCUT2D eigenvalue weighted by molar-refractivity contribution is -0.117. The summed E-state index contributed by atoms with van der Waals surface area (Å²) < 4.78 is 10.7. The molecule has 0 spiro atoms. The van der Waals surface area contributed by atoms with E-state index in [2.05, 4.69) is 21.2 Å². The molecule has 6 nitrogen and oxygen atoms in total. The largest absolute Gasteiger partial charge is 0.478 e. The number of nitrogens with one attached hydrogen (secondary N) is 1. The van der Waals surface area contributed by atoms with Crippen molar-refractivity contribution >= 4 is 27.9 Å². The average Bonchev–Trinajstić information content (AvgIpc) is 2.55. The number of carbonyl (C=O) groups excluding carboxylic acids is 1. The molecule has 1 aromatic carbocycles. The van der Waals surface area contributed by atoms with Gasteiger partial charge in [-0.3, -0.25) is 4.79 Å². The van der Waals surface area contributed by atoms with Crippen molar-refractivity contribution in [3.63, 3.8) is 0 Å². The Balaban J connectivity index is 2.78. The lowest BCUT2D eigenvalue weighted by Crippen LogP contribution is -2.26. The van der Waals surface area contributed by atoms with Crippen LogP contribution >= 0.6 is 15.9 Å². The minimum absolute atomic E-state index is 0.0139. The first kappa shape index (κ1) is 18.7. The summed E-state index contributed by atoms with van der Waals surface area (Å²) in [6.07, 6.45) is 2.17. The molecule has 0 bridgehead atoms. The number of ether oxygens (including phenoxy) is 2. The van der Waals surface area contributed by atoms with Gasteiger partial charge in [-0.15, -0.1) is 0 Å². The fourth-order valence-corrected chi connectivity index (χ4v) is 2.17. The van der Waals surface area contributed by atoms with Crippen LogP contribution in [0.5, 0.6) is 5.75 Å². The lowest BCUT2D eigenvalue weighted by atomic mass is 10.1. The molecule has 0 unspecified atom stereocenters. The number of carbonyl (C=O) groups is 1. The highest BCUT2D eigenvalue weighted by Gasteiger charge is 2.09. The number of nitriles is 2. The van der Waals surface area contributed by atoms with Crippen molar-refractivity contribution in [2.45, 2.75) is 6.42 Å². The Morgan fingerprint density at radius 1 is 1.43 bits per heavy atom. The molecule has 0 aliphatic rings. The molecule has 0 saturated carbocycles. The summed E-state index contributed by atoms with van der Waals surface area (Å²) in [7, 11) is 1.59. The number of rotatable bonds is 8. The van der Waals surface area contributed by atoms with E-state index in [0.717, 1.165) is 0 Å². The third-order valence-electron chi connectivity index (χ3n) is 2.74. The zero-order valence-electron chi connectivity index (χ0n) is 12.6. The summed E-state index contributed by atoms with van der Waals surface area (Å²) in [5.41, 5.74) is 0.685. The molecule has 1 N–H and O–H groups in total. The minimum Gasteiger partial charge on any atom is -0.478 e. The highest BCUT2D eigenvalue weighted by Crippen LogP contribution is 2.26. The van der Waals surface area contributed by atoms with Crippen molar-refractivity contribution < 1.29 is 14.3 Å². The molecule has 120 valence electrons. The Kier molecular flexibility index (Phi) is 8.45. The molecule has 0 fully saturated rings. The maximum Gasteiger partial charge on any atom is 0.261 e. The molecular formula is C16H16BrN3O3. The van der Waals surface area contributed by atoms with Crippen LogP contribution < -0.4 is 10.1 Å². The van der Waals surface area contributed by atoms with Crippen LogP contribution in [0, 0.1) is 22.7 Å². The molecule has 0 atom stereocenters. The van der Waals surface area contributed by atoms with E-state index in [9.17, 15) is 4.79 Å². The molecule has 23 heavy (non-hydrogen) atoms. The van der Waals surface area contributed by atoms with E-state index in [-0.39, 0.29) is 12.2 Å². The van der Waals surface area contributed by atoms with E-state index < -0.39 is 5.91 Å². The van der Waals surface area contributed by atoms with Gasteiger partial charge in [0.25, 0.3) is 5.91 Å². The van der Waals surface area contributed by atoms with E-state index in [0.29, 0.717) is 35.4 Å². The van der Waals surface area contributed by atoms with Gasteiger partial charge in [0.05, 0.1) is 4.47 Å². The van der Waals surface area contributed by atoms with Crippen LogP contribution in [-0.2, 0) is 9.53 Å². The summed E-state index contributed by atoms with van der Waals surface area (Å²) in [6.45, 7) is 0.931. The van der Waals surface area contributed by atoms with Crippen molar-refractivity contribution in [2.75, 3.05) is 26.9 Å². The predicted octanol–water partition coefficient (Wildman–Crippen LogP) is 2.41. The van der Waals surface area contributed by atoms with Gasteiger partial charge in [0, 0.05) is 20.3 Å². The molecule has 1 amide bonds. The molecule has 0 radical (unpaired) electrons. The van der Waals surface area contributed by atoms with Crippen molar-refractivity contribution in [2.24, 2.45) is 0 Å². The quantitative estimate of drug-likeness (QED) is 0.426. The molecule has 0 aliphatic heterocycles. The molecule has 0 aliphatic carbocycles. The molecule has 0 aromatic heterocycles. The number of nitrogens with zero attached hydrogens (tertiary/aromatic N) is 2. The first-order chi connectivity index (χ1) is 11.1. The van der Waals surface area contributed by atoms with Crippen molar-refractivity contribution in [3.8, 4) is 17.9 Å². The van der Waals surface area contributed by atoms with Gasteiger partial charge >= 0.3 is 0 Å². The second kappa shape index (κ2) is 10.4. The van der Waals surface area contributed by atoms with Gasteiger partial charge in [-0.05, 0) is 46.1 Å². The number of hydrogen-bond acceptors (Lipinski definition) is 5. The van der Waals surface area contributed by atoms with Gasteiger partial charge in [0.1, 0.15) is 23.5 Å². The van der Waals surface area contributed by atoms with Gasteiger partial charge in [-0.2, -0.15) is 10.5 Å². The molecular weight excluding hydrogens is 362 g/mol. The van der Waals surface area contributed by atoms with Gasteiger partial charge in [0.2, 0.25) is 0 Å². The maximum absolute atomic E-state index is 11.9. The van der Waals surface area contributed by atoms with Gasteiger partial charge in [-0.1, -0.05) is 6.07 Å². The normalized spacial score (nSPS) is 10.5. The number of halogens is 1. The van der Waals surface area contributed by atoms with E-state index >= 15 is 0 Å². The molecule has 0 heterocycles. The van der Waals surface area contributed by atoms with Crippen molar-refractivity contribution in [1.82, 2.24) is 5.32 Å². The van der Waals surface area contributed by atoms with Gasteiger partial charge < -0.3 is 14.8 Å². The fraction of sp³-hybridized carbons (Fsp3) is 0.312. The number of hydrogen-bond donors (Lipinski definition) is 1. The zero-order valence-corrected chi connectivity index (χ0v) is 14.2. The van der Waals surface area contributed by atoms with E-state index in [1.807, 2.05) is 12.1 Å². The third kappa shape index (κ3) is 6.52. The fourth-order valence-electron chi connectivity index (χ4n) is 1.66. The Morgan fingerprint density at radius 3 is 2.83 bits per heavy atom. The van der Waals surface area contributed by atoms with Crippen LogP contribution in [0.4, 0.5) is 0 Å². The van der Waals surface area contributed by atoms with Crippen LogP contribution in [0.3, 0.4) is 0 Å². The number of benzene rings is 1. The van der Waals surface area contributed by atoms with Crippen LogP contribution in [0.15, 0.2) is 28.2 Å². The highest BCUT2D eigenvalue weighted by atomic mass is 79.9. The second-order valence-electron chi connectivity index (χ2n) is 4.41. The molecule has 0 saturated heterocycles. The standard InChI is InChI=1S/C16H16BrN3O3/c1-22-7-2-6-20-16(21)13(11-19)9-12-3-4-15(14(17)10-12)23-8-5-18/h3-4,9-10H,2,6-8H2,1H3,(H,20,21)/b13-9+. The first-order valence-electron chi connectivity index (χ1n) is 6.80. The van der Waals surface area contributed by atoms with Crippen LogP contribution in [0.25, 0.3) is 6.08 Å². The topological polar surface area (TPSA) is 95.1 Å². The van der Waals surface area contributed by atoms with E-state index in [4.69, 9.17) is 20.0 Å². The van der Waals surface area contributed by atoms with Crippen LogP contribution in [0.1, 0.15) is 12.0 Å². The smallest absolute Gasteiger partial charge is 0.261 e. The Labute approximate surface area is 143 Å². The van der Waals surface area contributed by atoms with E-state index in [1.165, 1.54) is 6.08 Å². The Morgan fingerprint density at radius 2 is 2.22 bits per heavy atom. The second-order valence-corrected chi connectivity index (χ2v) is 5.26. The Hall–Kier alpha value is -2.35. The van der Waals surface area contributed by atoms with Crippen molar-refractivity contribution in [1.29, 1.82) is 10.5 Å². The minimum atomic E-state index is -0.426. The summed E-state index contributed by atoms with van der Waals surface area (Å²) in [5, 5.41) is 20.3. The summed E-state index contributed by atoms with van der Waals surface area (Å²) in [6, 6.07) is 8.85. The first-order valence-corrected chi connectivity index (χ1v) is 7.60. The molecule has 7 heteroatoms. The zero-order chi connectivity index (χ0) is 17.1. The lowest BCUT2D eigenvalue weighted by Gasteiger charge is -2.06. The molecule has 1 aromatic rings. The SMILES string of the molecule is COCCCNC(=O)/C(C#N)=C/c1ccc(OCC#N)c(Br)c1. The Bertz CT molecular complexity index is 660. The monoisotopic (exact) mass is 377 g/mol. The number of methoxy groups -OCH3 is 1. The van der Waals surface area contributed by atoms with E-state index in [1.54, 1.807) is 25.3 Å². The van der Waals surface area contributed by atoms with Gasteiger partial charge in [-0.25, -0.2) is 0 Å². The van der Waals surface area contributed by atoms with Crippen LogP contribution in [-0.4, -0.2) is 32.8 Å². The predicted molar refractivity (Wildman–Crippen MR) is 88.3 cm³/mol. The summed E-state index contributed by atoms with van der Waals surface area (Å²) in [5.74, 6) is 0.0933. The average molecular weight is 378 g/mol. The summed E-state index contributed by atoms with van der Waals surface area (Å²) >= 11 is 3.32. The summed E-state index contributed by atoms with van der Waals surface area (Å²) in [4.78, 5) is 11.9. The van der Waals surface area contributed by atoms with Gasteiger partial charge in [0.15, 0.2) is 6.61 Å². The van der Waals surface area contributed by atoms with Crippen LogP contribution in [0.2, 0.25) is 0 Å². The number of amides is 1.